The first-order valence-corrected chi connectivity index (χ1v) is 9.89. The van der Waals surface area contributed by atoms with E-state index in [-0.39, 0.29) is 18.1 Å². The molecule has 0 radical (unpaired) electrons. The molecular weight excluding hydrogens is 402 g/mol. The molecule has 6 nitrogen and oxygen atoms in total. The van der Waals surface area contributed by atoms with E-state index in [1.807, 2.05) is 12.1 Å². The lowest BCUT2D eigenvalue weighted by Gasteiger charge is -2.12. The Balaban J connectivity index is 1.80. The normalized spacial score (nSPS) is 10.7. The predicted molar refractivity (Wildman–Crippen MR) is 124 cm³/mol. The summed E-state index contributed by atoms with van der Waals surface area (Å²) < 4.78 is 5.49. The van der Waals surface area contributed by atoms with Crippen molar-refractivity contribution in [3.8, 4) is 5.75 Å². The Morgan fingerprint density at radius 1 is 1.00 bits per heavy atom. The van der Waals surface area contributed by atoms with Gasteiger partial charge in [0.1, 0.15) is 17.2 Å². The Morgan fingerprint density at radius 2 is 1.75 bits per heavy atom. The Kier molecular flexibility index (Phi) is 7.70. The maximum Gasteiger partial charge on any atom is 0.268 e. The molecule has 0 unspecified atom stereocenters. The Bertz CT molecular complexity index is 1120. The van der Waals surface area contributed by atoms with E-state index >= 15 is 0 Å². The largest absolute Gasteiger partial charge is 0.458 e. The van der Waals surface area contributed by atoms with E-state index in [1.54, 1.807) is 73.1 Å². The van der Waals surface area contributed by atoms with Crippen LogP contribution in [0.5, 0.6) is 5.75 Å². The average Bonchev–Trinajstić information content (AvgIpc) is 2.84. The molecule has 1 aromatic heterocycles. The van der Waals surface area contributed by atoms with Crippen LogP contribution >= 0.6 is 0 Å². The Labute approximate surface area is 187 Å². The second-order valence-electron chi connectivity index (χ2n) is 6.76. The van der Waals surface area contributed by atoms with Crippen molar-refractivity contribution in [2.75, 3.05) is 0 Å². The van der Waals surface area contributed by atoms with Crippen molar-refractivity contribution in [2.24, 2.45) is 0 Å². The summed E-state index contributed by atoms with van der Waals surface area (Å²) in [7, 11) is 0. The maximum absolute atomic E-state index is 12.9. The minimum Gasteiger partial charge on any atom is -0.458 e. The third-order valence-corrected chi connectivity index (χ3v) is 4.37. The highest BCUT2D eigenvalue weighted by Crippen LogP contribution is 2.17. The van der Waals surface area contributed by atoms with Crippen LogP contribution in [0.15, 0.2) is 110 Å². The van der Waals surface area contributed by atoms with Crippen LogP contribution in [-0.4, -0.2) is 16.8 Å². The first kappa shape index (κ1) is 22.2. The summed E-state index contributed by atoms with van der Waals surface area (Å²) in [5.41, 5.74) is 2.12. The number of ether oxygens (including phenoxy) is 1. The summed E-state index contributed by atoms with van der Waals surface area (Å²) >= 11 is 0. The first-order chi connectivity index (χ1) is 15.5. The molecule has 0 spiro atoms. The lowest BCUT2D eigenvalue weighted by Crippen LogP contribution is -2.34. The molecule has 0 atom stereocenters. The molecule has 0 aliphatic rings. The molecule has 3 rings (SSSR count). The van der Waals surface area contributed by atoms with Gasteiger partial charge in [-0.15, -0.1) is 0 Å². The van der Waals surface area contributed by atoms with Crippen LogP contribution in [0.4, 0.5) is 0 Å². The minimum absolute atomic E-state index is 0.118. The highest BCUT2D eigenvalue weighted by atomic mass is 16.5. The van der Waals surface area contributed by atoms with Crippen LogP contribution in [-0.2, 0) is 11.3 Å². The van der Waals surface area contributed by atoms with Crippen molar-refractivity contribution in [1.82, 2.24) is 15.6 Å². The van der Waals surface area contributed by atoms with Crippen LogP contribution in [0.3, 0.4) is 0 Å². The highest BCUT2D eigenvalue weighted by molar-refractivity contribution is 6.05. The minimum atomic E-state index is -0.418. The van der Waals surface area contributed by atoms with Crippen LogP contribution in [0.25, 0.3) is 6.08 Å². The van der Waals surface area contributed by atoms with Crippen molar-refractivity contribution in [2.45, 2.75) is 6.54 Å². The lowest BCUT2D eigenvalue weighted by atomic mass is 10.1. The Morgan fingerprint density at radius 3 is 2.41 bits per heavy atom. The van der Waals surface area contributed by atoms with Crippen molar-refractivity contribution in [3.05, 3.63) is 127 Å². The van der Waals surface area contributed by atoms with Crippen LogP contribution in [0.1, 0.15) is 21.5 Å². The number of aromatic nitrogens is 1. The lowest BCUT2D eigenvalue weighted by molar-refractivity contribution is -0.117. The number of benzene rings is 2. The van der Waals surface area contributed by atoms with Gasteiger partial charge in [0.15, 0.2) is 0 Å². The van der Waals surface area contributed by atoms with Gasteiger partial charge in [0.25, 0.3) is 11.8 Å². The van der Waals surface area contributed by atoms with Gasteiger partial charge >= 0.3 is 0 Å². The van der Waals surface area contributed by atoms with Gasteiger partial charge in [-0.3, -0.25) is 14.6 Å². The van der Waals surface area contributed by atoms with Gasteiger partial charge in [-0.1, -0.05) is 49.6 Å². The van der Waals surface area contributed by atoms with E-state index in [4.69, 9.17) is 4.74 Å². The number of nitrogens with zero attached hydrogens (tertiary/aromatic N) is 1. The van der Waals surface area contributed by atoms with E-state index < -0.39 is 5.91 Å². The number of pyridine rings is 1. The molecule has 0 aliphatic carbocycles. The van der Waals surface area contributed by atoms with Gasteiger partial charge in [0, 0.05) is 24.5 Å². The second kappa shape index (κ2) is 11.1. The van der Waals surface area contributed by atoms with Crippen molar-refractivity contribution < 1.29 is 14.3 Å². The number of amides is 2. The van der Waals surface area contributed by atoms with Gasteiger partial charge in [-0.2, -0.15) is 0 Å². The van der Waals surface area contributed by atoms with Crippen molar-refractivity contribution in [1.29, 1.82) is 0 Å². The standard InChI is InChI=1S/C26H23N3O3/c1-3-19(2)32-23-13-11-20(12-14-23)16-24(29-25(30)22-9-5-4-6-10-22)26(31)28-18-21-8-7-15-27-17-21/h3-17H,1-2,18H2,(H,28,31)(H,29,30). The maximum atomic E-state index is 12.9. The molecule has 32 heavy (non-hydrogen) atoms. The van der Waals surface area contributed by atoms with Crippen molar-refractivity contribution >= 4 is 17.9 Å². The van der Waals surface area contributed by atoms with E-state index in [2.05, 4.69) is 28.8 Å². The summed E-state index contributed by atoms with van der Waals surface area (Å²) in [6, 6.07) is 19.4. The van der Waals surface area contributed by atoms with E-state index in [0.717, 1.165) is 5.56 Å². The molecule has 3 aromatic rings. The zero-order valence-corrected chi connectivity index (χ0v) is 17.5. The predicted octanol–water partition coefficient (Wildman–Crippen LogP) is 4.25. The number of hydrogen-bond acceptors (Lipinski definition) is 4. The fourth-order valence-electron chi connectivity index (χ4n) is 2.71. The van der Waals surface area contributed by atoms with E-state index in [9.17, 15) is 9.59 Å². The number of nitrogens with one attached hydrogen (secondary N) is 2. The van der Waals surface area contributed by atoms with Crippen LogP contribution in [0, 0.1) is 0 Å². The monoisotopic (exact) mass is 425 g/mol. The molecule has 0 aliphatic heterocycles. The topological polar surface area (TPSA) is 80.3 Å². The fourth-order valence-corrected chi connectivity index (χ4v) is 2.71. The molecule has 0 bridgehead atoms. The van der Waals surface area contributed by atoms with Crippen LogP contribution < -0.4 is 15.4 Å². The Hall–Kier alpha value is -4.45. The molecule has 1 heterocycles. The molecule has 0 fully saturated rings. The van der Waals surface area contributed by atoms with Gasteiger partial charge in [0.2, 0.25) is 0 Å². The van der Waals surface area contributed by atoms with E-state index in [0.29, 0.717) is 22.6 Å². The summed E-state index contributed by atoms with van der Waals surface area (Å²) in [6.45, 7) is 7.59. The molecule has 2 N–H and O–H groups in total. The number of hydrogen-bond donors (Lipinski definition) is 2. The number of carbonyl (C=O) groups is 2. The summed E-state index contributed by atoms with van der Waals surface area (Å²) in [6.07, 6.45) is 6.44. The fraction of sp³-hybridized carbons (Fsp3) is 0.0385. The third kappa shape index (κ3) is 6.53. The quantitative estimate of drug-likeness (QED) is 0.305. The molecule has 2 aromatic carbocycles. The zero-order chi connectivity index (χ0) is 22.8. The highest BCUT2D eigenvalue weighted by Gasteiger charge is 2.14. The first-order valence-electron chi connectivity index (χ1n) is 9.89. The summed E-state index contributed by atoms with van der Waals surface area (Å²) in [5.74, 6) is 0.218. The molecule has 6 heteroatoms. The van der Waals surface area contributed by atoms with Gasteiger partial charge in [0.05, 0.1) is 0 Å². The summed E-state index contributed by atoms with van der Waals surface area (Å²) in [4.78, 5) is 29.6. The molecule has 160 valence electrons. The van der Waals surface area contributed by atoms with E-state index in [1.165, 1.54) is 6.08 Å². The third-order valence-electron chi connectivity index (χ3n) is 4.37. The SMILES string of the molecule is C=CC(=C)Oc1ccc(C=C(NC(=O)c2ccccc2)C(=O)NCc2cccnc2)cc1. The molecular formula is C26H23N3O3. The number of carbonyl (C=O) groups excluding carboxylic acids is 2. The molecule has 2 amide bonds. The molecule has 0 saturated heterocycles. The number of rotatable bonds is 9. The van der Waals surface area contributed by atoms with Gasteiger partial charge < -0.3 is 15.4 Å². The van der Waals surface area contributed by atoms with Crippen LogP contribution in [0.2, 0.25) is 0 Å². The summed E-state index contributed by atoms with van der Waals surface area (Å²) in [5, 5.41) is 5.52. The van der Waals surface area contributed by atoms with Crippen molar-refractivity contribution in [3.63, 3.8) is 0 Å². The zero-order valence-electron chi connectivity index (χ0n) is 17.5. The van der Waals surface area contributed by atoms with Gasteiger partial charge in [-0.25, -0.2) is 0 Å². The smallest absolute Gasteiger partial charge is 0.268 e. The average molecular weight is 425 g/mol. The van der Waals surface area contributed by atoms with Gasteiger partial charge in [-0.05, 0) is 53.6 Å². The molecule has 0 saturated carbocycles. The number of allylic oxidation sites excluding steroid dienone is 1. The second-order valence-corrected chi connectivity index (χ2v) is 6.76.